The number of benzene rings is 2. The molecule has 0 saturated carbocycles. The van der Waals surface area contributed by atoms with Gasteiger partial charge in [-0.25, -0.2) is 0 Å². The Balaban J connectivity index is 1.54. The van der Waals surface area contributed by atoms with Crippen molar-refractivity contribution in [2.24, 2.45) is 0 Å². The van der Waals surface area contributed by atoms with Crippen molar-refractivity contribution >= 4 is 11.6 Å². The van der Waals surface area contributed by atoms with E-state index in [9.17, 15) is 4.79 Å². The SMILES string of the molecule is N#Cc1ccc(-c2nc([C@H]3CC(=O)N(c4ccccc4)C3)no2)cc1. The van der Waals surface area contributed by atoms with Gasteiger partial charge in [-0.1, -0.05) is 23.4 Å². The van der Waals surface area contributed by atoms with E-state index in [1.165, 1.54) is 0 Å². The molecule has 1 aliphatic rings. The quantitative estimate of drug-likeness (QED) is 0.737. The molecular formula is C19H14N4O2. The first-order valence-corrected chi connectivity index (χ1v) is 7.94. The molecule has 4 rings (SSSR count). The largest absolute Gasteiger partial charge is 0.334 e. The predicted octanol–water partition coefficient (Wildman–Crippen LogP) is 3.13. The molecule has 1 aromatic heterocycles. The Morgan fingerprint density at radius 1 is 1.12 bits per heavy atom. The molecule has 1 saturated heterocycles. The van der Waals surface area contributed by atoms with E-state index < -0.39 is 0 Å². The van der Waals surface area contributed by atoms with Crippen molar-refractivity contribution in [3.8, 4) is 17.5 Å². The molecule has 25 heavy (non-hydrogen) atoms. The van der Waals surface area contributed by atoms with E-state index in [4.69, 9.17) is 9.78 Å². The first kappa shape index (κ1) is 15.1. The predicted molar refractivity (Wildman–Crippen MR) is 90.6 cm³/mol. The average molecular weight is 330 g/mol. The van der Waals surface area contributed by atoms with Crippen LogP contribution in [0.4, 0.5) is 5.69 Å². The molecule has 0 aliphatic carbocycles. The highest BCUT2D eigenvalue weighted by atomic mass is 16.5. The van der Waals surface area contributed by atoms with E-state index in [0.717, 1.165) is 11.3 Å². The van der Waals surface area contributed by atoms with Crippen LogP contribution in [0.25, 0.3) is 11.5 Å². The third-order valence-corrected chi connectivity index (χ3v) is 4.26. The van der Waals surface area contributed by atoms with Crippen molar-refractivity contribution in [3.05, 3.63) is 66.0 Å². The number of nitriles is 1. The molecule has 0 spiro atoms. The molecule has 0 radical (unpaired) electrons. The first-order chi connectivity index (χ1) is 12.2. The standard InChI is InChI=1S/C19H14N4O2/c20-11-13-6-8-14(9-7-13)19-21-18(22-25-19)15-10-17(24)23(12-15)16-4-2-1-3-5-16/h1-9,15H,10,12H2/t15-/m0/s1. The lowest BCUT2D eigenvalue weighted by atomic mass is 10.1. The van der Waals surface area contributed by atoms with Crippen LogP contribution in [0.2, 0.25) is 0 Å². The zero-order valence-electron chi connectivity index (χ0n) is 13.3. The molecular weight excluding hydrogens is 316 g/mol. The summed E-state index contributed by atoms with van der Waals surface area (Å²) in [4.78, 5) is 18.5. The topological polar surface area (TPSA) is 83.0 Å². The molecule has 122 valence electrons. The second-order valence-electron chi connectivity index (χ2n) is 5.89. The molecule has 3 aromatic rings. The van der Waals surface area contributed by atoms with E-state index in [1.807, 2.05) is 30.3 Å². The third-order valence-electron chi connectivity index (χ3n) is 4.26. The zero-order chi connectivity index (χ0) is 17.2. The van der Waals surface area contributed by atoms with E-state index in [1.54, 1.807) is 29.2 Å². The second kappa shape index (κ2) is 6.21. The van der Waals surface area contributed by atoms with Gasteiger partial charge in [0.1, 0.15) is 0 Å². The Labute approximate surface area is 144 Å². The summed E-state index contributed by atoms with van der Waals surface area (Å²) in [7, 11) is 0. The van der Waals surface area contributed by atoms with Gasteiger partial charge in [-0.3, -0.25) is 4.79 Å². The molecule has 1 aliphatic heterocycles. The summed E-state index contributed by atoms with van der Waals surface area (Å²) < 4.78 is 5.34. The highest BCUT2D eigenvalue weighted by molar-refractivity contribution is 5.96. The van der Waals surface area contributed by atoms with Crippen LogP contribution in [0, 0.1) is 11.3 Å². The second-order valence-corrected chi connectivity index (χ2v) is 5.89. The monoisotopic (exact) mass is 330 g/mol. The molecule has 0 N–H and O–H groups in total. The molecule has 6 nitrogen and oxygen atoms in total. The lowest BCUT2D eigenvalue weighted by Gasteiger charge is -2.15. The normalized spacial score (nSPS) is 16.8. The fraction of sp³-hybridized carbons (Fsp3) is 0.158. The summed E-state index contributed by atoms with van der Waals surface area (Å²) in [6.07, 6.45) is 0.362. The summed E-state index contributed by atoms with van der Waals surface area (Å²) in [5.41, 5.74) is 2.20. The maximum absolute atomic E-state index is 12.3. The van der Waals surface area contributed by atoms with Crippen LogP contribution >= 0.6 is 0 Å². The smallest absolute Gasteiger partial charge is 0.257 e. The summed E-state index contributed by atoms with van der Waals surface area (Å²) >= 11 is 0. The van der Waals surface area contributed by atoms with Gasteiger partial charge in [0.2, 0.25) is 5.91 Å². The maximum Gasteiger partial charge on any atom is 0.257 e. The van der Waals surface area contributed by atoms with Crippen LogP contribution in [0.3, 0.4) is 0 Å². The summed E-state index contributed by atoms with van der Waals surface area (Å²) in [5.74, 6) is 0.890. The third kappa shape index (κ3) is 2.88. The number of nitrogens with zero attached hydrogens (tertiary/aromatic N) is 4. The highest BCUT2D eigenvalue weighted by Crippen LogP contribution is 2.31. The van der Waals surface area contributed by atoms with Gasteiger partial charge < -0.3 is 9.42 Å². The van der Waals surface area contributed by atoms with Crippen LogP contribution < -0.4 is 4.90 Å². The van der Waals surface area contributed by atoms with Gasteiger partial charge in [-0.2, -0.15) is 10.2 Å². The molecule has 0 bridgehead atoms. The van der Waals surface area contributed by atoms with Crippen molar-refractivity contribution in [1.82, 2.24) is 10.1 Å². The summed E-state index contributed by atoms with van der Waals surface area (Å²) in [6, 6.07) is 18.6. The van der Waals surface area contributed by atoms with E-state index in [2.05, 4.69) is 16.2 Å². The van der Waals surface area contributed by atoms with Crippen LogP contribution in [0.5, 0.6) is 0 Å². The minimum Gasteiger partial charge on any atom is -0.334 e. The number of hydrogen-bond acceptors (Lipinski definition) is 5. The number of carbonyl (C=O) groups is 1. The number of para-hydroxylation sites is 1. The molecule has 0 unspecified atom stereocenters. The minimum absolute atomic E-state index is 0.0564. The molecule has 1 fully saturated rings. The van der Waals surface area contributed by atoms with Crippen molar-refractivity contribution in [2.75, 3.05) is 11.4 Å². The van der Waals surface area contributed by atoms with Crippen LogP contribution in [-0.4, -0.2) is 22.6 Å². The molecule has 2 aromatic carbocycles. The number of carbonyl (C=O) groups excluding carboxylic acids is 1. The van der Waals surface area contributed by atoms with Crippen molar-refractivity contribution in [1.29, 1.82) is 5.26 Å². The van der Waals surface area contributed by atoms with Gasteiger partial charge >= 0.3 is 0 Å². The van der Waals surface area contributed by atoms with E-state index in [0.29, 0.717) is 30.2 Å². The molecule has 2 heterocycles. The number of rotatable bonds is 3. The zero-order valence-corrected chi connectivity index (χ0v) is 13.3. The first-order valence-electron chi connectivity index (χ1n) is 7.94. The van der Waals surface area contributed by atoms with Gasteiger partial charge in [0.15, 0.2) is 5.82 Å². The van der Waals surface area contributed by atoms with Gasteiger partial charge in [0.25, 0.3) is 5.89 Å². The Hall–Kier alpha value is -3.46. The molecule has 1 amide bonds. The lowest BCUT2D eigenvalue weighted by molar-refractivity contribution is -0.117. The Morgan fingerprint density at radius 2 is 1.88 bits per heavy atom. The van der Waals surface area contributed by atoms with Crippen molar-refractivity contribution in [3.63, 3.8) is 0 Å². The Bertz CT molecular complexity index is 942. The Kier molecular flexibility index (Phi) is 3.75. The van der Waals surface area contributed by atoms with Crippen molar-refractivity contribution < 1.29 is 9.32 Å². The van der Waals surface area contributed by atoms with Gasteiger partial charge in [0, 0.05) is 30.1 Å². The number of hydrogen-bond donors (Lipinski definition) is 0. The van der Waals surface area contributed by atoms with Gasteiger partial charge in [-0.05, 0) is 36.4 Å². The highest BCUT2D eigenvalue weighted by Gasteiger charge is 2.34. The van der Waals surface area contributed by atoms with Crippen LogP contribution in [0.15, 0.2) is 59.1 Å². The lowest BCUT2D eigenvalue weighted by Crippen LogP contribution is -2.24. The fourth-order valence-electron chi connectivity index (χ4n) is 2.94. The Morgan fingerprint density at radius 3 is 2.60 bits per heavy atom. The van der Waals surface area contributed by atoms with Gasteiger partial charge in [0.05, 0.1) is 11.6 Å². The van der Waals surface area contributed by atoms with E-state index in [-0.39, 0.29) is 11.8 Å². The van der Waals surface area contributed by atoms with Crippen LogP contribution in [0.1, 0.15) is 23.7 Å². The number of anilines is 1. The summed E-state index contributed by atoms with van der Waals surface area (Å²) in [6.45, 7) is 0.537. The average Bonchev–Trinajstić information content (AvgIpc) is 3.29. The number of amides is 1. The van der Waals surface area contributed by atoms with Gasteiger partial charge in [-0.15, -0.1) is 0 Å². The molecule has 6 heteroatoms. The minimum atomic E-state index is -0.0939. The fourth-order valence-corrected chi connectivity index (χ4v) is 2.94. The van der Waals surface area contributed by atoms with Crippen molar-refractivity contribution in [2.45, 2.75) is 12.3 Å². The summed E-state index contributed by atoms with van der Waals surface area (Å²) in [5, 5.41) is 12.9. The van der Waals surface area contributed by atoms with E-state index >= 15 is 0 Å². The number of aromatic nitrogens is 2. The molecule has 1 atom stereocenters. The van der Waals surface area contributed by atoms with Crippen LogP contribution in [-0.2, 0) is 4.79 Å². The maximum atomic E-state index is 12.3.